The number of hydrogen-bond donors (Lipinski definition) is 1. The molecule has 1 fully saturated rings. The Morgan fingerprint density at radius 3 is 2.64 bits per heavy atom. The first-order valence-corrected chi connectivity index (χ1v) is 9.93. The van der Waals surface area contributed by atoms with Gasteiger partial charge in [0.15, 0.2) is 5.96 Å². The Bertz CT molecular complexity index is 696. The molecule has 0 aliphatic carbocycles. The van der Waals surface area contributed by atoms with Crippen LogP contribution in [0.25, 0.3) is 0 Å². The first-order valence-electron chi connectivity index (χ1n) is 7.97. The quantitative estimate of drug-likeness (QED) is 0.387. The molecular weight excluding hydrogens is 491 g/mol. The van der Waals surface area contributed by atoms with Crippen LogP contribution in [0.3, 0.4) is 0 Å². The van der Waals surface area contributed by atoms with Gasteiger partial charge < -0.3 is 15.1 Å². The van der Waals surface area contributed by atoms with Gasteiger partial charge in [0.05, 0.1) is 10.9 Å². The SMILES string of the molecule is CCc1nsc(N2CCN(C(=NC)NCc3ccc(Cl)s3)CC2)n1.I. The van der Waals surface area contributed by atoms with Crippen LogP contribution in [0.2, 0.25) is 4.34 Å². The van der Waals surface area contributed by atoms with E-state index in [0.29, 0.717) is 0 Å². The zero-order chi connectivity index (χ0) is 16.9. The number of halogens is 2. The molecule has 1 N–H and O–H groups in total. The summed E-state index contributed by atoms with van der Waals surface area (Å²) in [6.45, 7) is 6.55. The van der Waals surface area contributed by atoms with Crippen LogP contribution in [-0.2, 0) is 13.0 Å². The van der Waals surface area contributed by atoms with Crippen molar-refractivity contribution >= 4 is 69.5 Å². The molecule has 1 aliphatic heterocycles. The number of piperazine rings is 1. The number of nitrogens with one attached hydrogen (secondary N) is 1. The van der Waals surface area contributed by atoms with Gasteiger partial charge in [0.25, 0.3) is 0 Å². The second-order valence-corrected chi connectivity index (χ2v) is 7.96. The van der Waals surface area contributed by atoms with Gasteiger partial charge in [0.2, 0.25) is 5.13 Å². The van der Waals surface area contributed by atoms with Crippen molar-refractivity contribution in [3.05, 3.63) is 27.2 Å². The van der Waals surface area contributed by atoms with Crippen molar-refractivity contribution in [1.82, 2.24) is 19.6 Å². The van der Waals surface area contributed by atoms with Gasteiger partial charge in [-0.15, -0.1) is 35.3 Å². The Morgan fingerprint density at radius 2 is 2.08 bits per heavy atom. The molecule has 10 heteroatoms. The third-order valence-corrected chi connectivity index (χ3v) is 5.93. The number of guanidine groups is 1. The third-order valence-electron chi connectivity index (χ3n) is 3.88. The Labute approximate surface area is 178 Å². The second kappa shape index (κ2) is 9.89. The molecule has 6 nitrogen and oxygen atoms in total. The van der Waals surface area contributed by atoms with Crippen molar-refractivity contribution in [2.24, 2.45) is 4.99 Å². The van der Waals surface area contributed by atoms with Crippen LogP contribution in [0.5, 0.6) is 0 Å². The van der Waals surface area contributed by atoms with Gasteiger partial charge in [0, 0.05) is 56.1 Å². The molecule has 0 unspecified atom stereocenters. The van der Waals surface area contributed by atoms with Gasteiger partial charge in [-0.2, -0.15) is 4.37 Å². The first-order chi connectivity index (χ1) is 11.7. The maximum atomic E-state index is 5.98. The molecule has 0 spiro atoms. The fourth-order valence-corrected chi connectivity index (χ4v) is 4.40. The molecule has 138 valence electrons. The van der Waals surface area contributed by atoms with Crippen molar-refractivity contribution in [3.63, 3.8) is 0 Å². The van der Waals surface area contributed by atoms with Crippen molar-refractivity contribution < 1.29 is 0 Å². The summed E-state index contributed by atoms with van der Waals surface area (Å²) in [5, 5.41) is 4.45. The number of aromatic nitrogens is 2. The predicted molar refractivity (Wildman–Crippen MR) is 118 cm³/mol. The molecule has 0 radical (unpaired) electrons. The van der Waals surface area contributed by atoms with E-state index < -0.39 is 0 Å². The fourth-order valence-electron chi connectivity index (χ4n) is 2.57. The molecule has 3 heterocycles. The molecule has 0 saturated carbocycles. The molecule has 1 saturated heterocycles. The van der Waals surface area contributed by atoms with E-state index >= 15 is 0 Å². The van der Waals surface area contributed by atoms with Crippen molar-refractivity contribution in [1.29, 1.82) is 0 Å². The zero-order valence-corrected chi connectivity index (χ0v) is 19.0. The summed E-state index contributed by atoms with van der Waals surface area (Å²) < 4.78 is 5.19. The lowest BCUT2D eigenvalue weighted by atomic mass is 10.3. The van der Waals surface area contributed by atoms with Crippen LogP contribution >= 0.6 is 58.4 Å². The number of hydrogen-bond acceptors (Lipinski definition) is 6. The first kappa shape index (κ1) is 20.7. The van der Waals surface area contributed by atoms with E-state index in [2.05, 4.69) is 36.4 Å². The average molecular weight is 513 g/mol. The number of thiophene rings is 1. The second-order valence-electron chi connectivity index (χ2n) is 5.43. The Balaban J connectivity index is 0.00000225. The molecule has 2 aromatic rings. The van der Waals surface area contributed by atoms with Gasteiger partial charge in [0.1, 0.15) is 5.82 Å². The highest BCUT2D eigenvalue weighted by molar-refractivity contribution is 14.0. The Kier molecular flexibility index (Phi) is 8.17. The Hall–Kier alpha value is -0.650. The number of aryl methyl sites for hydroxylation is 1. The van der Waals surface area contributed by atoms with Crippen LogP contribution in [0.1, 0.15) is 17.6 Å². The lowest BCUT2D eigenvalue weighted by Gasteiger charge is -2.36. The molecule has 25 heavy (non-hydrogen) atoms. The van der Waals surface area contributed by atoms with Gasteiger partial charge in [-0.25, -0.2) is 4.98 Å². The van der Waals surface area contributed by atoms with E-state index in [1.165, 1.54) is 16.4 Å². The molecular formula is C15H22ClIN6S2. The molecule has 2 aromatic heterocycles. The maximum absolute atomic E-state index is 5.98. The largest absolute Gasteiger partial charge is 0.351 e. The topological polar surface area (TPSA) is 56.7 Å². The minimum absolute atomic E-state index is 0. The highest BCUT2D eigenvalue weighted by atomic mass is 127. The van der Waals surface area contributed by atoms with Gasteiger partial charge in [-0.3, -0.25) is 4.99 Å². The van der Waals surface area contributed by atoms with Gasteiger partial charge in [-0.1, -0.05) is 18.5 Å². The molecule has 3 rings (SSSR count). The normalized spacial score (nSPS) is 15.2. The summed E-state index contributed by atoms with van der Waals surface area (Å²) in [7, 11) is 1.83. The van der Waals surface area contributed by atoms with Crippen LogP contribution in [0.15, 0.2) is 17.1 Å². The van der Waals surface area contributed by atoms with Crippen LogP contribution in [-0.4, -0.2) is 53.4 Å². The Morgan fingerprint density at radius 1 is 1.32 bits per heavy atom. The maximum Gasteiger partial charge on any atom is 0.205 e. The van der Waals surface area contributed by atoms with E-state index in [1.54, 1.807) is 11.3 Å². The van der Waals surface area contributed by atoms with E-state index in [0.717, 1.165) is 60.4 Å². The summed E-state index contributed by atoms with van der Waals surface area (Å²) >= 11 is 9.07. The number of rotatable bonds is 4. The van der Waals surface area contributed by atoms with Crippen LogP contribution < -0.4 is 10.2 Å². The highest BCUT2D eigenvalue weighted by Gasteiger charge is 2.22. The standard InChI is InChI=1S/C15H21ClN6S2.HI/c1-3-13-19-15(24-20-13)22-8-6-21(7-9-22)14(17-2)18-10-11-4-5-12(16)23-11;/h4-5H,3,6-10H2,1-2H3,(H,17,18);1H. The van der Waals surface area contributed by atoms with Gasteiger partial charge in [-0.05, 0) is 12.1 Å². The summed E-state index contributed by atoms with van der Waals surface area (Å²) in [4.78, 5) is 14.8. The summed E-state index contributed by atoms with van der Waals surface area (Å²) in [6.07, 6.45) is 0.889. The summed E-state index contributed by atoms with van der Waals surface area (Å²) in [5.41, 5.74) is 0. The third kappa shape index (κ3) is 5.41. The average Bonchev–Trinajstić information content (AvgIpc) is 3.25. The van der Waals surface area contributed by atoms with Crippen LogP contribution in [0.4, 0.5) is 5.13 Å². The highest BCUT2D eigenvalue weighted by Crippen LogP contribution is 2.21. The molecule has 0 amide bonds. The van der Waals surface area contributed by atoms with E-state index in [-0.39, 0.29) is 24.0 Å². The van der Waals surface area contributed by atoms with Crippen molar-refractivity contribution in [2.45, 2.75) is 19.9 Å². The van der Waals surface area contributed by atoms with Crippen molar-refractivity contribution in [3.8, 4) is 0 Å². The predicted octanol–water partition coefficient (Wildman–Crippen LogP) is 3.33. The minimum atomic E-state index is 0. The molecule has 0 atom stereocenters. The number of nitrogens with zero attached hydrogens (tertiary/aromatic N) is 5. The van der Waals surface area contributed by atoms with E-state index in [9.17, 15) is 0 Å². The molecule has 0 bridgehead atoms. The lowest BCUT2D eigenvalue weighted by molar-refractivity contribution is 0.372. The molecule has 0 aromatic carbocycles. The van der Waals surface area contributed by atoms with E-state index in [4.69, 9.17) is 11.6 Å². The van der Waals surface area contributed by atoms with E-state index in [1.807, 2.05) is 19.2 Å². The smallest absolute Gasteiger partial charge is 0.205 e. The minimum Gasteiger partial charge on any atom is -0.351 e. The number of aliphatic imine (C=N–C) groups is 1. The van der Waals surface area contributed by atoms with Crippen LogP contribution in [0, 0.1) is 0 Å². The monoisotopic (exact) mass is 512 g/mol. The van der Waals surface area contributed by atoms with Gasteiger partial charge >= 0.3 is 0 Å². The lowest BCUT2D eigenvalue weighted by Crippen LogP contribution is -2.52. The summed E-state index contributed by atoms with van der Waals surface area (Å²) in [5.74, 6) is 1.87. The summed E-state index contributed by atoms with van der Waals surface area (Å²) in [6, 6.07) is 3.98. The number of anilines is 1. The molecule has 1 aliphatic rings. The fraction of sp³-hybridized carbons (Fsp3) is 0.533. The van der Waals surface area contributed by atoms with Crippen molar-refractivity contribution in [2.75, 3.05) is 38.1 Å². The zero-order valence-electron chi connectivity index (χ0n) is 14.2.